The molecule has 0 spiro atoms. The van der Waals surface area contributed by atoms with Crippen molar-refractivity contribution in [1.82, 2.24) is 5.32 Å². The molecule has 0 aromatic heterocycles. The van der Waals surface area contributed by atoms with E-state index in [1.807, 2.05) is 11.8 Å². The van der Waals surface area contributed by atoms with Crippen molar-refractivity contribution in [2.24, 2.45) is 17.6 Å². The molecule has 2 fully saturated rings. The van der Waals surface area contributed by atoms with Gasteiger partial charge in [0, 0.05) is 17.2 Å². The van der Waals surface area contributed by atoms with Crippen LogP contribution in [0.1, 0.15) is 44.9 Å². The Kier molecular flexibility index (Phi) is 5.37. The minimum atomic E-state index is 0.188. The van der Waals surface area contributed by atoms with Crippen LogP contribution in [0.2, 0.25) is 0 Å². The summed E-state index contributed by atoms with van der Waals surface area (Å²) in [4.78, 5) is 12.3. The molecule has 2 aliphatic carbocycles. The minimum Gasteiger partial charge on any atom is -0.353 e. The van der Waals surface area contributed by atoms with Crippen molar-refractivity contribution < 1.29 is 4.79 Å². The summed E-state index contributed by atoms with van der Waals surface area (Å²) < 4.78 is 0. The van der Waals surface area contributed by atoms with Gasteiger partial charge in [-0.2, -0.15) is 11.8 Å². The molecular formula is C14H26N2OS. The maximum absolute atomic E-state index is 12.3. The van der Waals surface area contributed by atoms with E-state index in [9.17, 15) is 4.79 Å². The quantitative estimate of drug-likeness (QED) is 0.823. The third-order valence-corrected chi connectivity index (χ3v) is 5.79. The van der Waals surface area contributed by atoms with Crippen LogP contribution in [0.5, 0.6) is 0 Å². The van der Waals surface area contributed by atoms with Gasteiger partial charge in [0.05, 0.1) is 0 Å². The Balaban J connectivity index is 1.77. The molecule has 2 rings (SSSR count). The molecule has 18 heavy (non-hydrogen) atoms. The Labute approximate surface area is 115 Å². The van der Waals surface area contributed by atoms with E-state index in [1.54, 1.807) is 0 Å². The van der Waals surface area contributed by atoms with Gasteiger partial charge in [-0.25, -0.2) is 0 Å². The van der Waals surface area contributed by atoms with Crippen molar-refractivity contribution in [3.8, 4) is 0 Å². The number of hydrogen-bond donors (Lipinski definition) is 2. The molecule has 3 nitrogen and oxygen atoms in total. The Hall–Kier alpha value is -0.220. The van der Waals surface area contributed by atoms with Gasteiger partial charge in [-0.15, -0.1) is 0 Å². The molecule has 1 amide bonds. The van der Waals surface area contributed by atoms with E-state index in [0.29, 0.717) is 18.5 Å². The summed E-state index contributed by atoms with van der Waals surface area (Å²) in [7, 11) is 0. The van der Waals surface area contributed by atoms with Gasteiger partial charge in [-0.1, -0.05) is 6.42 Å². The number of hydrogen-bond acceptors (Lipinski definition) is 3. The lowest BCUT2D eigenvalue weighted by atomic mass is 9.92. The van der Waals surface area contributed by atoms with Gasteiger partial charge in [0.15, 0.2) is 0 Å². The highest BCUT2D eigenvalue weighted by Gasteiger charge is 2.33. The molecule has 3 N–H and O–H groups in total. The summed E-state index contributed by atoms with van der Waals surface area (Å²) in [6, 6.07) is 0.417. The highest BCUT2D eigenvalue weighted by Crippen LogP contribution is 2.32. The van der Waals surface area contributed by atoms with E-state index < -0.39 is 0 Å². The summed E-state index contributed by atoms with van der Waals surface area (Å²) in [6.07, 6.45) is 10.3. The normalized spacial score (nSPS) is 36.6. The highest BCUT2D eigenvalue weighted by molar-refractivity contribution is 7.99. The van der Waals surface area contributed by atoms with E-state index in [4.69, 9.17) is 5.73 Å². The molecule has 104 valence electrons. The average molecular weight is 270 g/mol. The summed E-state index contributed by atoms with van der Waals surface area (Å²) in [5, 5.41) is 4.07. The zero-order valence-corrected chi connectivity index (χ0v) is 12.2. The largest absolute Gasteiger partial charge is 0.353 e. The third-order valence-electron chi connectivity index (χ3n) is 4.65. The van der Waals surface area contributed by atoms with Crippen molar-refractivity contribution in [3.05, 3.63) is 0 Å². The number of rotatable bonds is 4. The molecule has 0 aliphatic heterocycles. The second kappa shape index (κ2) is 6.80. The number of thioether (sulfide) groups is 1. The van der Waals surface area contributed by atoms with E-state index in [1.165, 1.54) is 19.3 Å². The van der Waals surface area contributed by atoms with Crippen molar-refractivity contribution in [1.29, 1.82) is 0 Å². The van der Waals surface area contributed by atoms with Crippen molar-refractivity contribution in [2.45, 2.75) is 56.2 Å². The summed E-state index contributed by atoms with van der Waals surface area (Å²) in [5.41, 5.74) is 5.75. The monoisotopic (exact) mass is 270 g/mol. The SMILES string of the molecule is CSC1CCC(NC(=O)C2CCCC2CN)CC1. The Morgan fingerprint density at radius 2 is 1.94 bits per heavy atom. The fraction of sp³-hybridized carbons (Fsp3) is 0.929. The summed E-state index contributed by atoms with van der Waals surface area (Å²) >= 11 is 1.97. The molecule has 4 heteroatoms. The molecule has 2 unspecified atom stereocenters. The van der Waals surface area contributed by atoms with E-state index >= 15 is 0 Å². The van der Waals surface area contributed by atoms with Gasteiger partial charge >= 0.3 is 0 Å². The standard InChI is InChI=1S/C14H26N2OS/c1-18-12-7-5-11(6-8-12)16-14(17)13-4-2-3-10(13)9-15/h10-13H,2-9,15H2,1H3,(H,16,17). The minimum absolute atomic E-state index is 0.188. The molecule has 2 saturated carbocycles. The van der Waals surface area contributed by atoms with Gasteiger partial charge in [0.1, 0.15) is 0 Å². The van der Waals surface area contributed by atoms with Crippen molar-refractivity contribution in [2.75, 3.05) is 12.8 Å². The number of nitrogens with two attached hydrogens (primary N) is 1. The maximum atomic E-state index is 12.3. The highest BCUT2D eigenvalue weighted by atomic mass is 32.2. The first-order valence-electron chi connectivity index (χ1n) is 7.27. The molecule has 0 heterocycles. The van der Waals surface area contributed by atoms with Gasteiger partial charge in [-0.05, 0) is 57.2 Å². The number of nitrogens with one attached hydrogen (secondary N) is 1. The van der Waals surface area contributed by atoms with Crippen LogP contribution >= 0.6 is 11.8 Å². The van der Waals surface area contributed by atoms with Crippen molar-refractivity contribution >= 4 is 17.7 Å². The van der Waals surface area contributed by atoms with Crippen LogP contribution in [-0.4, -0.2) is 30.0 Å². The lowest BCUT2D eigenvalue weighted by Crippen LogP contribution is -2.43. The second-order valence-corrected chi connectivity index (χ2v) is 6.89. The van der Waals surface area contributed by atoms with Crippen LogP contribution in [0, 0.1) is 11.8 Å². The van der Waals surface area contributed by atoms with Gasteiger partial charge in [-0.3, -0.25) is 4.79 Å². The van der Waals surface area contributed by atoms with Crippen molar-refractivity contribution in [3.63, 3.8) is 0 Å². The topological polar surface area (TPSA) is 55.1 Å². The lowest BCUT2D eigenvalue weighted by molar-refractivity contribution is -0.126. The molecule has 0 aromatic rings. The Morgan fingerprint density at radius 1 is 1.22 bits per heavy atom. The molecule has 2 atom stereocenters. The molecule has 0 radical (unpaired) electrons. The fourth-order valence-electron chi connectivity index (χ4n) is 3.42. The van der Waals surface area contributed by atoms with Crippen LogP contribution in [-0.2, 0) is 4.79 Å². The molecule has 0 saturated heterocycles. The first-order chi connectivity index (χ1) is 8.74. The average Bonchev–Trinajstić information content (AvgIpc) is 2.88. The van der Waals surface area contributed by atoms with Gasteiger partial charge < -0.3 is 11.1 Å². The van der Waals surface area contributed by atoms with E-state index in [2.05, 4.69) is 11.6 Å². The molecule has 2 aliphatic rings. The van der Waals surface area contributed by atoms with Gasteiger partial charge in [0.25, 0.3) is 0 Å². The zero-order valence-electron chi connectivity index (χ0n) is 11.4. The summed E-state index contributed by atoms with van der Waals surface area (Å²) in [5.74, 6) is 0.886. The summed E-state index contributed by atoms with van der Waals surface area (Å²) in [6.45, 7) is 0.664. The number of carbonyl (C=O) groups is 1. The van der Waals surface area contributed by atoms with Crippen LogP contribution in [0.15, 0.2) is 0 Å². The Bertz CT molecular complexity index is 277. The number of carbonyl (C=O) groups excluding carboxylic acids is 1. The molecular weight excluding hydrogens is 244 g/mol. The fourth-order valence-corrected chi connectivity index (χ4v) is 4.16. The smallest absolute Gasteiger partial charge is 0.223 e. The van der Waals surface area contributed by atoms with E-state index in [0.717, 1.165) is 30.9 Å². The Morgan fingerprint density at radius 3 is 2.56 bits per heavy atom. The molecule has 0 bridgehead atoms. The first kappa shape index (κ1) is 14.2. The predicted molar refractivity (Wildman–Crippen MR) is 77.6 cm³/mol. The van der Waals surface area contributed by atoms with Crippen LogP contribution in [0.3, 0.4) is 0 Å². The van der Waals surface area contributed by atoms with Crippen LogP contribution in [0.25, 0.3) is 0 Å². The zero-order chi connectivity index (χ0) is 13.0. The predicted octanol–water partition coefficient (Wildman–Crippen LogP) is 2.15. The molecule has 0 aromatic carbocycles. The van der Waals surface area contributed by atoms with Gasteiger partial charge in [0.2, 0.25) is 5.91 Å². The number of amides is 1. The third kappa shape index (κ3) is 3.41. The second-order valence-electron chi connectivity index (χ2n) is 5.75. The first-order valence-corrected chi connectivity index (χ1v) is 8.56. The van der Waals surface area contributed by atoms with Crippen LogP contribution in [0.4, 0.5) is 0 Å². The lowest BCUT2D eigenvalue weighted by Gasteiger charge is -2.29. The van der Waals surface area contributed by atoms with Crippen LogP contribution < -0.4 is 11.1 Å². The van der Waals surface area contributed by atoms with E-state index in [-0.39, 0.29) is 11.8 Å². The maximum Gasteiger partial charge on any atom is 0.223 e.